The Morgan fingerprint density at radius 1 is 0.964 bits per heavy atom. The first-order valence-corrected chi connectivity index (χ1v) is 10.3. The first-order valence-electron chi connectivity index (χ1n) is 10.3. The van der Waals surface area contributed by atoms with Gasteiger partial charge in [0.1, 0.15) is 5.75 Å². The van der Waals surface area contributed by atoms with E-state index >= 15 is 0 Å². The fourth-order valence-corrected chi connectivity index (χ4v) is 3.43. The highest BCUT2D eigenvalue weighted by Crippen LogP contribution is 2.24. The molecule has 1 N–H and O–H groups in total. The molecule has 28 heavy (non-hydrogen) atoms. The number of ether oxygens (including phenoxy) is 1. The van der Waals surface area contributed by atoms with Gasteiger partial charge in [0.2, 0.25) is 0 Å². The van der Waals surface area contributed by atoms with Crippen molar-refractivity contribution < 1.29 is 9.53 Å². The lowest BCUT2D eigenvalue weighted by Gasteiger charge is -2.28. The summed E-state index contributed by atoms with van der Waals surface area (Å²) in [4.78, 5) is 14.5. The van der Waals surface area contributed by atoms with Gasteiger partial charge in [0.25, 0.3) is 5.91 Å². The van der Waals surface area contributed by atoms with E-state index in [9.17, 15) is 4.79 Å². The Balaban J connectivity index is 1.42. The summed E-state index contributed by atoms with van der Waals surface area (Å²) in [7, 11) is 0. The van der Waals surface area contributed by atoms with Crippen LogP contribution in [0.3, 0.4) is 0 Å². The predicted octanol–water partition coefficient (Wildman–Crippen LogP) is 4.67. The van der Waals surface area contributed by atoms with Gasteiger partial charge in [0.05, 0.1) is 0 Å². The third-order valence-electron chi connectivity index (χ3n) is 5.24. The van der Waals surface area contributed by atoms with Gasteiger partial charge in [-0.1, -0.05) is 45.0 Å². The summed E-state index contributed by atoms with van der Waals surface area (Å²) in [5.41, 5.74) is 3.73. The van der Waals surface area contributed by atoms with Crippen molar-refractivity contribution >= 4 is 11.6 Å². The Kier molecular flexibility index (Phi) is 6.61. The number of benzene rings is 2. The maximum absolute atomic E-state index is 12.1. The zero-order valence-electron chi connectivity index (χ0n) is 17.3. The lowest BCUT2D eigenvalue weighted by Crippen LogP contribution is -2.29. The van der Waals surface area contributed by atoms with Crippen molar-refractivity contribution in [3.05, 3.63) is 59.7 Å². The van der Waals surface area contributed by atoms with Crippen LogP contribution in [-0.4, -0.2) is 25.6 Å². The second kappa shape index (κ2) is 9.13. The van der Waals surface area contributed by atoms with Crippen LogP contribution in [0, 0.1) is 0 Å². The number of carbonyl (C=O) groups is 1. The molecular weight excluding hydrogens is 348 g/mol. The summed E-state index contributed by atoms with van der Waals surface area (Å²) in [5, 5.41) is 2.93. The highest BCUT2D eigenvalue weighted by Gasteiger charge is 2.13. The van der Waals surface area contributed by atoms with Crippen molar-refractivity contribution in [2.75, 3.05) is 24.6 Å². The average molecular weight is 381 g/mol. The molecule has 1 aliphatic rings. The predicted molar refractivity (Wildman–Crippen MR) is 115 cm³/mol. The van der Waals surface area contributed by atoms with Crippen LogP contribution in [0.5, 0.6) is 5.75 Å². The molecule has 0 atom stereocenters. The van der Waals surface area contributed by atoms with Crippen LogP contribution in [-0.2, 0) is 16.8 Å². The molecule has 1 saturated heterocycles. The van der Waals surface area contributed by atoms with Crippen molar-refractivity contribution in [2.24, 2.45) is 0 Å². The van der Waals surface area contributed by atoms with Gasteiger partial charge in [-0.05, 0) is 60.1 Å². The lowest BCUT2D eigenvalue weighted by molar-refractivity contribution is -0.123. The third-order valence-corrected chi connectivity index (χ3v) is 5.24. The fraction of sp³-hybridized carbons (Fsp3) is 0.458. The molecule has 1 heterocycles. The molecule has 0 aliphatic carbocycles. The van der Waals surface area contributed by atoms with E-state index in [0.717, 1.165) is 18.7 Å². The SMILES string of the molecule is CC(C)(C)c1ccc(OCC(=O)NCc2ccc(N3CCCCC3)cc2)cc1. The Bertz CT molecular complexity index is 755. The number of anilines is 1. The van der Waals surface area contributed by atoms with Crippen molar-refractivity contribution in [3.63, 3.8) is 0 Å². The molecular formula is C24H32N2O2. The molecule has 4 nitrogen and oxygen atoms in total. The van der Waals surface area contributed by atoms with Crippen molar-refractivity contribution in [1.82, 2.24) is 5.32 Å². The van der Waals surface area contributed by atoms with Gasteiger partial charge in [0, 0.05) is 25.3 Å². The Labute approximate surface area is 168 Å². The fourth-order valence-electron chi connectivity index (χ4n) is 3.43. The molecule has 2 aromatic rings. The second-order valence-corrected chi connectivity index (χ2v) is 8.55. The van der Waals surface area contributed by atoms with E-state index in [0.29, 0.717) is 12.3 Å². The number of piperidine rings is 1. The quantitative estimate of drug-likeness (QED) is 0.792. The minimum absolute atomic E-state index is 0.0285. The van der Waals surface area contributed by atoms with Gasteiger partial charge in [-0.15, -0.1) is 0 Å². The summed E-state index contributed by atoms with van der Waals surface area (Å²) in [6, 6.07) is 16.4. The lowest BCUT2D eigenvalue weighted by atomic mass is 9.87. The van der Waals surface area contributed by atoms with Gasteiger partial charge < -0.3 is 15.0 Å². The standard InChI is InChI=1S/C24H32N2O2/c1-24(2,3)20-9-13-22(14-10-20)28-18-23(27)25-17-19-7-11-21(12-8-19)26-15-5-4-6-16-26/h7-14H,4-6,15-18H2,1-3H3,(H,25,27). The number of rotatable bonds is 6. The van der Waals surface area contributed by atoms with Gasteiger partial charge in [-0.25, -0.2) is 0 Å². The number of hydrogen-bond donors (Lipinski definition) is 1. The maximum Gasteiger partial charge on any atom is 0.258 e. The summed E-state index contributed by atoms with van der Waals surface area (Å²) >= 11 is 0. The summed E-state index contributed by atoms with van der Waals surface area (Å²) in [6.45, 7) is 9.36. The highest BCUT2D eigenvalue weighted by molar-refractivity contribution is 5.77. The molecule has 0 aromatic heterocycles. The Morgan fingerprint density at radius 2 is 1.61 bits per heavy atom. The van der Waals surface area contributed by atoms with Crippen molar-refractivity contribution in [2.45, 2.75) is 52.0 Å². The first kappa shape index (κ1) is 20.2. The number of carbonyl (C=O) groups excluding carboxylic acids is 1. The topological polar surface area (TPSA) is 41.6 Å². The smallest absolute Gasteiger partial charge is 0.258 e. The van der Waals surface area contributed by atoms with Gasteiger partial charge in [0.15, 0.2) is 6.61 Å². The van der Waals surface area contributed by atoms with Crippen LogP contribution in [0.15, 0.2) is 48.5 Å². The van der Waals surface area contributed by atoms with E-state index in [1.54, 1.807) is 0 Å². The molecule has 3 rings (SSSR count). The van der Waals surface area contributed by atoms with E-state index in [-0.39, 0.29) is 17.9 Å². The zero-order chi connectivity index (χ0) is 20.0. The van der Waals surface area contributed by atoms with E-state index in [1.807, 2.05) is 12.1 Å². The molecule has 1 aliphatic heterocycles. The van der Waals surface area contributed by atoms with E-state index in [1.165, 1.54) is 30.5 Å². The number of hydrogen-bond acceptors (Lipinski definition) is 3. The van der Waals surface area contributed by atoms with Gasteiger partial charge in [-0.3, -0.25) is 4.79 Å². The molecule has 0 bridgehead atoms. The average Bonchev–Trinajstić information content (AvgIpc) is 2.71. The normalized spacial score (nSPS) is 14.6. The van der Waals surface area contributed by atoms with Gasteiger partial charge in [-0.2, -0.15) is 0 Å². The number of nitrogens with zero attached hydrogens (tertiary/aromatic N) is 1. The van der Waals surface area contributed by atoms with Crippen LogP contribution in [0.4, 0.5) is 5.69 Å². The maximum atomic E-state index is 12.1. The summed E-state index contributed by atoms with van der Waals surface area (Å²) in [5.74, 6) is 0.606. The number of nitrogens with one attached hydrogen (secondary N) is 1. The Morgan fingerprint density at radius 3 is 2.21 bits per heavy atom. The summed E-state index contributed by atoms with van der Waals surface area (Å²) in [6.07, 6.45) is 3.89. The van der Waals surface area contributed by atoms with E-state index in [2.05, 4.69) is 67.4 Å². The molecule has 2 aromatic carbocycles. The summed E-state index contributed by atoms with van der Waals surface area (Å²) < 4.78 is 5.60. The van der Waals surface area contributed by atoms with E-state index < -0.39 is 0 Å². The van der Waals surface area contributed by atoms with Crippen LogP contribution in [0.1, 0.15) is 51.2 Å². The largest absolute Gasteiger partial charge is 0.484 e. The van der Waals surface area contributed by atoms with Gasteiger partial charge >= 0.3 is 0 Å². The molecule has 0 unspecified atom stereocenters. The van der Waals surface area contributed by atoms with Crippen LogP contribution >= 0.6 is 0 Å². The van der Waals surface area contributed by atoms with E-state index in [4.69, 9.17) is 4.74 Å². The molecule has 0 saturated carbocycles. The van der Waals surface area contributed by atoms with Crippen LogP contribution < -0.4 is 15.0 Å². The first-order chi connectivity index (χ1) is 13.4. The molecule has 150 valence electrons. The van der Waals surface area contributed by atoms with Crippen molar-refractivity contribution in [3.8, 4) is 5.75 Å². The molecule has 1 amide bonds. The van der Waals surface area contributed by atoms with Crippen LogP contribution in [0.25, 0.3) is 0 Å². The minimum atomic E-state index is -0.111. The highest BCUT2D eigenvalue weighted by atomic mass is 16.5. The minimum Gasteiger partial charge on any atom is -0.484 e. The van der Waals surface area contributed by atoms with Crippen molar-refractivity contribution in [1.29, 1.82) is 0 Å². The molecule has 4 heteroatoms. The Hall–Kier alpha value is -2.49. The number of amides is 1. The second-order valence-electron chi connectivity index (χ2n) is 8.55. The molecule has 0 radical (unpaired) electrons. The molecule has 1 fully saturated rings. The van der Waals surface area contributed by atoms with Crippen LogP contribution in [0.2, 0.25) is 0 Å². The molecule has 0 spiro atoms. The monoisotopic (exact) mass is 380 g/mol. The zero-order valence-corrected chi connectivity index (χ0v) is 17.3. The third kappa shape index (κ3) is 5.75.